The predicted octanol–water partition coefficient (Wildman–Crippen LogP) is 1.79. The maximum atomic E-state index is 12.7. The van der Waals surface area contributed by atoms with Crippen LogP contribution < -0.4 is 5.32 Å². The maximum Gasteiger partial charge on any atom is 0.219 e. The van der Waals surface area contributed by atoms with Crippen molar-refractivity contribution in [2.75, 3.05) is 6.54 Å². The van der Waals surface area contributed by atoms with Crippen LogP contribution in [0.25, 0.3) is 0 Å². The topological polar surface area (TPSA) is 59.8 Å². The molecule has 18 heavy (non-hydrogen) atoms. The number of nitrogens with zero attached hydrogens (tertiary/aromatic N) is 3. The summed E-state index contributed by atoms with van der Waals surface area (Å²) >= 11 is 0. The fourth-order valence-corrected chi connectivity index (χ4v) is 2.78. The van der Waals surface area contributed by atoms with Gasteiger partial charge in [0.2, 0.25) is 5.78 Å². The van der Waals surface area contributed by atoms with E-state index in [0.29, 0.717) is 5.82 Å². The largest absolute Gasteiger partial charge is 0.305 e. The van der Waals surface area contributed by atoms with Gasteiger partial charge >= 0.3 is 0 Å². The van der Waals surface area contributed by atoms with Crippen molar-refractivity contribution in [3.8, 4) is 0 Å². The molecule has 0 bridgehead atoms. The summed E-state index contributed by atoms with van der Waals surface area (Å²) in [4.78, 5) is 16.9. The van der Waals surface area contributed by atoms with Crippen molar-refractivity contribution in [1.29, 1.82) is 0 Å². The highest BCUT2D eigenvalue weighted by Gasteiger charge is 2.42. The monoisotopic (exact) mass is 250 g/mol. The number of carbonyl (C=O) groups is 1. The minimum atomic E-state index is -0.396. The molecule has 1 atom stereocenters. The van der Waals surface area contributed by atoms with Gasteiger partial charge in [-0.25, -0.2) is 9.67 Å². The number of hydrogen-bond acceptors (Lipinski definition) is 4. The molecule has 1 saturated heterocycles. The smallest absolute Gasteiger partial charge is 0.219 e. The molecule has 1 fully saturated rings. The van der Waals surface area contributed by atoms with E-state index in [1.54, 1.807) is 4.68 Å². The van der Waals surface area contributed by atoms with Crippen molar-refractivity contribution >= 4 is 5.78 Å². The van der Waals surface area contributed by atoms with Crippen LogP contribution in [0.3, 0.4) is 0 Å². The van der Waals surface area contributed by atoms with Crippen LogP contribution >= 0.6 is 0 Å². The molecule has 5 nitrogen and oxygen atoms in total. The zero-order valence-electron chi connectivity index (χ0n) is 11.3. The lowest BCUT2D eigenvalue weighted by atomic mass is 9.87. The quantitative estimate of drug-likeness (QED) is 0.782. The zero-order chi connectivity index (χ0) is 13.0. The van der Waals surface area contributed by atoms with Gasteiger partial charge in [0.15, 0.2) is 5.82 Å². The molecule has 1 aromatic heterocycles. The first-order valence-electron chi connectivity index (χ1n) is 6.91. The van der Waals surface area contributed by atoms with Gasteiger partial charge in [-0.2, -0.15) is 5.10 Å². The number of carbonyl (C=O) groups excluding carboxylic acids is 1. The molecule has 0 radical (unpaired) electrons. The number of hydrogen-bond donors (Lipinski definition) is 1. The highest BCUT2D eigenvalue weighted by molar-refractivity contribution is 6.00. The Bertz CT molecular complexity index is 407. The molecule has 0 spiro atoms. The van der Waals surface area contributed by atoms with E-state index >= 15 is 0 Å². The predicted molar refractivity (Wildman–Crippen MR) is 69.5 cm³/mol. The normalized spacial score (nSPS) is 23.4. The highest BCUT2D eigenvalue weighted by Crippen LogP contribution is 2.28. The Morgan fingerprint density at radius 2 is 2.33 bits per heavy atom. The van der Waals surface area contributed by atoms with Crippen molar-refractivity contribution in [3.63, 3.8) is 0 Å². The Morgan fingerprint density at radius 1 is 1.50 bits per heavy atom. The van der Waals surface area contributed by atoms with Gasteiger partial charge in [0, 0.05) is 6.54 Å². The van der Waals surface area contributed by atoms with E-state index in [0.717, 1.165) is 45.2 Å². The van der Waals surface area contributed by atoms with E-state index in [9.17, 15) is 4.79 Å². The van der Waals surface area contributed by atoms with Gasteiger partial charge in [-0.1, -0.05) is 20.3 Å². The average Bonchev–Trinajstić information content (AvgIpc) is 2.99. The van der Waals surface area contributed by atoms with Crippen LogP contribution in [0, 0.1) is 0 Å². The highest BCUT2D eigenvalue weighted by atomic mass is 16.1. The molecule has 1 aliphatic rings. The molecule has 5 heteroatoms. The lowest BCUT2D eigenvalue weighted by Crippen LogP contribution is -2.48. The standard InChI is InChI=1S/C13H22N4O/c1-3-6-13(7-5-8-15-13)11(18)12-14-10-16-17(12)9-4-2/h10,15H,3-9H2,1-2H3. The van der Waals surface area contributed by atoms with E-state index < -0.39 is 5.54 Å². The van der Waals surface area contributed by atoms with Gasteiger partial charge < -0.3 is 5.32 Å². The molecule has 2 rings (SSSR count). The second-order valence-electron chi connectivity index (χ2n) is 5.00. The summed E-state index contributed by atoms with van der Waals surface area (Å²) in [7, 11) is 0. The van der Waals surface area contributed by atoms with Gasteiger partial charge in [-0.3, -0.25) is 4.79 Å². The number of rotatable bonds is 6. The first-order chi connectivity index (χ1) is 8.73. The molecule has 0 amide bonds. The van der Waals surface area contributed by atoms with Crippen molar-refractivity contribution in [3.05, 3.63) is 12.2 Å². The summed E-state index contributed by atoms with van der Waals surface area (Å²) in [5.74, 6) is 0.632. The third-order valence-electron chi connectivity index (χ3n) is 3.61. The Hall–Kier alpha value is -1.23. The molecule has 0 saturated carbocycles. The first-order valence-corrected chi connectivity index (χ1v) is 6.91. The number of aryl methyl sites for hydroxylation is 1. The Labute approximate surface area is 108 Å². The van der Waals surface area contributed by atoms with Crippen LogP contribution in [0.4, 0.5) is 0 Å². The van der Waals surface area contributed by atoms with E-state index in [2.05, 4.69) is 29.2 Å². The molecule has 1 aliphatic heterocycles. The summed E-state index contributed by atoms with van der Waals surface area (Å²) in [5.41, 5.74) is -0.396. The molecular formula is C13H22N4O. The van der Waals surface area contributed by atoms with Crippen molar-refractivity contribution < 1.29 is 4.79 Å². The van der Waals surface area contributed by atoms with Gasteiger partial charge in [-0.05, 0) is 32.2 Å². The molecule has 2 heterocycles. The van der Waals surface area contributed by atoms with E-state index in [4.69, 9.17) is 0 Å². The second-order valence-corrected chi connectivity index (χ2v) is 5.00. The van der Waals surface area contributed by atoms with Gasteiger partial charge in [0.1, 0.15) is 6.33 Å². The summed E-state index contributed by atoms with van der Waals surface area (Å²) < 4.78 is 1.74. The zero-order valence-corrected chi connectivity index (χ0v) is 11.3. The van der Waals surface area contributed by atoms with Crippen molar-refractivity contribution in [1.82, 2.24) is 20.1 Å². The summed E-state index contributed by atoms with van der Waals surface area (Å²) in [6.45, 7) is 5.87. The minimum absolute atomic E-state index is 0.118. The molecule has 0 aromatic carbocycles. The third kappa shape index (κ3) is 2.32. The summed E-state index contributed by atoms with van der Waals surface area (Å²) in [6, 6.07) is 0. The van der Waals surface area contributed by atoms with Crippen LogP contribution in [0.5, 0.6) is 0 Å². The van der Waals surface area contributed by atoms with Crippen LogP contribution in [0.2, 0.25) is 0 Å². The van der Waals surface area contributed by atoms with Gasteiger partial charge in [0.05, 0.1) is 5.54 Å². The number of Topliss-reactive ketones (excluding diaryl/α,β-unsaturated/α-hetero) is 1. The molecule has 1 aromatic rings. The van der Waals surface area contributed by atoms with Crippen LogP contribution in [-0.2, 0) is 6.54 Å². The lowest BCUT2D eigenvalue weighted by molar-refractivity contribution is 0.0840. The third-order valence-corrected chi connectivity index (χ3v) is 3.61. The lowest BCUT2D eigenvalue weighted by Gasteiger charge is -2.27. The Balaban J connectivity index is 2.25. The molecule has 1 N–H and O–H groups in total. The van der Waals surface area contributed by atoms with Crippen molar-refractivity contribution in [2.24, 2.45) is 0 Å². The van der Waals surface area contributed by atoms with Gasteiger partial charge in [0.25, 0.3) is 0 Å². The number of aromatic nitrogens is 3. The van der Waals surface area contributed by atoms with Crippen LogP contribution in [0.15, 0.2) is 6.33 Å². The van der Waals surface area contributed by atoms with E-state index in [-0.39, 0.29) is 5.78 Å². The average molecular weight is 250 g/mol. The van der Waals surface area contributed by atoms with Crippen LogP contribution in [0.1, 0.15) is 56.6 Å². The SMILES string of the molecule is CCCn1ncnc1C(=O)C1(CCC)CCCN1. The fourth-order valence-electron chi connectivity index (χ4n) is 2.78. The fraction of sp³-hybridized carbons (Fsp3) is 0.769. The molecule has 0 aliphatic carbocycles. The Kier molecular flexibility index (Phi) is 4.11. The second kappa shape index (κ2) is 5.61. The Morgan fingerprint density at radius 3 is 2.94 bits per heavy atom. The van der Waals surface area contributed by atoms with Crippen molar-refractivity contribution in [2.45, 2.75) is 58.0 Å². The van der Waals surface area contributed by atoms with Gasteiger partial charge in [-0.15, -0.1) is 0 Å². The number of nitrogens with one attached hydrogen (secondary N) is 1. The maximum absolute atomic E-state index is 12.7. The minimum Gasteiger partial charge on any atom is -0.305 e. The summed E-state index contributed by atoms with van der Waals surface area (Å²) in [6.07, 6.45) is 6.30. The molecule has 100 valence electrons. The first kappa shape index (κ1) is 13.2. The summed E-state index contributed by atoms with van der Waals surface area (Å²) in [5, 5.41) is 7.54. The van der Waals surface area contributed by atoms with Crippen LogP contribution in [-0.4, -0.2) is 32.6 Å². The number of ketones is 1. The van der Waals surface area contributed by atoms with E-state index in [1.165, 1.54) is 6.33 Å². The molecule has 1 unspecified atom stereocenters. The van der Waals surface area contributed by atoms with E-state index in [1.807, 2.05) is 0 Å². The molecular weight excluding hydrogens is 228 g/mol.